The highest BCUT2D eigenvalue weighted by molar-refractivity contribution is 5.88. The average Bonchev–Trinajstić information content (AvgIpc) is 2.89. The summed E-state index contributed by atoms with van der Waals surface area (Å²) in [6, 6.07) is 4.52. The fraction of sp³-hybridized carbons (Fsp3) is 0.500. The number of nitrogens with two attached hydrogens (primary N) is 1. The summed E-state index contributed by atoms with van der Waals surface area (Å²) >= 11 is 0. The highest BCUT2D eigenvalue weighted by Crippen LogP contribution is 2.35. The van der Waals surface area contributed by atoms with Gasteiger partial charge in [-0.15, -0.1) is 0 Å². The van der Waals surface area contributed by atoms with Gasteiger partial charge in [0.15, 0.2) is 0 Å². The van der Waals surface area contributed by atoms with Crippen molar-refractivity contribution in [3.8, 4) is 5.75 Å². The normalized spacial score (nSPS) is 23.1. The molecular formula is C16H22N2O2. The predicted molar refractivity (Wildman–Crippen MR) is 81.0 cm³/mol. The summed E-state index contributed by atoms with van der Waals surface area (Å²) in [4.78, 5) is 0. The molecule has 3 rings (SSSR count). The van der Waals surface area contributed by atoms with Crippen molar-refractivity contribution in [1.82, 2.24) is 4.57 Å². The third-order valence-electron chi connectivity index (χ3n) is 4.51. The number of fused-ring (bicyclic) bond motifs is 1. The van der Waals surface area contributed by atoms with Crippen LogP contribution in [0.3, 0.4) is 0 Å². The molecule has 1 saturated carbocycles. The quantitative estimate of drug-likeness (QED) is 0.846. The van der Waals surface area contributed by atoms with Crippen LogP contribution in [0, 0.1) is 5.92 Å². The lowest BCUT2D eigenvalue weighted by molar-refractivity contribution is 0.169. The second-order valence-corrected chi connectivity index (χ2v) is 5.79. The Bertz CT molecular complexity index is 598. The van der Waals surface area contributed by atoms with Crippen LogP contribution in [0.2, 0.25) is 0 Å². The summed E-state index contributed by atoms with van der Waals surface area (Å²) in [6.07, 6.45) is 8.86. The summed E-state index contributed by atoms with van der Waals surface area (Å²) < 4.78 is 7.58. The third-order valence-corrected chi connectivity index (χ3v) is 4.51. The first-order valence-electron chi connectivity index (χ1n) is 7.27. The number of hydrogen-bond donors (Lipinski definition) is 2. The number of aliphatic hydroxyl groups excluding tert-OH is 1. The van der Waals surface area contributed by atoms with Gasteiger partial charge in [0.25, 0.3) is 0 Å². The first-order valence-corrected chi connectivity index (χ1v) is 7.27. The maximum Gasteiger partial charge on any atom is 0.142 e. The van der Waals surface area contributed by atoms with Gasteiger partial charge in [-0.1, -0.05) is 0 Å². The Balaban J connectivity index is 1.86. The van der Waals surface area contributed by atoms with Crippen LogP contribution < -0.4 is 10.5 Å². The van der Waals surface area contributed by atoms with Gasteiger partial charge in [0.1, 0.15) is 5.75 Å². The molecule has 0 saturated heterocycles. The minimum absolute atomic E-state index is 0.327. The Morgan fingerprint density at radius 3 is 2.45 bits per heavy atom. The monoisotopic (exact) mass is 274 g/mol. The molecule has 108 valence electrons. The molecule has 1 aromatic heterocycles. The third kappa shape index (κ3) is 2.36. The van der Waals surface area contributed by atoms with Gasteiger partial charge in [0, 0.05) is 35.8 Å². The number of rotatable bonds is 3. The zero-order valence-corrected chi connectivity index (χ0v) is 11.9. The predicted octanol–water partition coefficient (Wildman–Crippen LogP) is 2.96. The summed E-state index contributed by atoms with van der Waals surface area (Å²) in [5.41, 5.74) is 6.64. The summed E-state index contributed by atoms with van der Waals surface area (Å²) in [5.74, 6) is 1.23. The molecular weight excluding hydrogens is 252 g/mol. The van der Waals surface area contributed by atoms with Crippen LogP contribution in [0.1, 0.15) is 31.7 Å². The van der Waals surface area contributed by atoms with E-state index in [1.54, 1.807) is 7.11 Å². The molecule has 20 heavy (non-hydrogen) atoms. The van der Waals surface area contributed by atoms with E-state index >= 15 is 0 Å². The summed E-state index contributed by atoms with van der Waals surface area (Å²) in [6.45, 7) is 0.327. The van der Waals surface area contributed by atoms with E-state index in [1.165, 1.54) is 5.39 Å². The molecule has 4 heteroatoms. The molecule has 1 aliphatic carbocycles. The van der Waals surface area contributed by atoms with Crippen molar-refractivity contribution in [2.24, 2.45) is 5.92 Å². The van der Waals surface area contributed by atoms with E-state index in [2.05, 4.69) is 17.0 Å². The fourth-order valence-electron chi connectivity index (χ4n) is 3.23. The Morgan fingerprint density at radius 1 is 1.20 bits per heavy atom. The number of nitrogens with zero attached hydrogens (tertiary/aromatic N) is 1. The zero-order chi connectivity index (χ0) is 14.1. The van der Waals surface area contributed by atoms with E-state index in [9.17, 15) is 5.11 Å². The number of aromatic nitrogens is 1. The van der Waals surface area contributed by atoms with Gasteiger partial charge in [-0.2, -0.15) is 0 Å². The van der Waals surface area contributed by atoms with Crippen LogP contribution in [0.4, 0.5) is 5.69 Å². The molecule has 3 N–H and O–H groups in total. The van der Waals surface area contributed by atoms with E-state index in [-0.39, 0.29) is 0 Å². The van der Waals surface area contributed by atoms with Gasteiger partial charge in [-0.25, -0.2) is 0 Å². The van der Waals surface area contributed by atoms with Crippen molar-refractivity contribution in [1.29, 1.82) is 0 Å². The highest BCUT2D eigenvalue weighted by atomic mass is 16.5. The van der Waals surface area contributed by atoms with Gasteiger partial charge in [0.05, 0.1) is 12.8 Å². The van der Waals surface area contributed by atoms with E-state index in [0.29, 0.717) is 24.3 Å². The van der Waals surface area contributed by atoms with Crippen LogP contribution in [0.5, 0.6) is 5.75 Å². The summed E-state index contributed by atoms with van der Waals surface area (Å²) in [5, 5.41) is 11.5. The molecule has 0 amide bonds. The van der Waals surface area contributed by atoms with Crippen LogP contribution in [0.25, 0.3) is 10.8 Å². The first-order chi connectivity index (χ1) is 9.71. The smallest absolute Gasteiger partial charge is 0.142 e. The van der Waals surface area contributed by atoms with Crippen molar-refractivity contribution in [2.45, 2.75) is 31.7 Å². The number of hydrogen-bond acceptors (Lipinski definition) is 3. The van der Waals surface area contributed by atoms with Gasteiger partial charge >= 0.3 is 0 Å². The van der Waals surface area contributed by atoms with Gasteiger partial charge < -0.3 is 20.1 Å². The second-order valence-electron chi connectivity index (χ2n) is 5.79. The van der Waals surface area contributed by atoms with Crippen molar-refractivity contribution in [3.63, 3.8) is 0 Å². The molecule has 1 aliphatic rings. The van der Waals surface area contributed by atoms with Crippen LogP contribution in [0.15, 0.2) is 24.5 Å². The molecule has 0 aliphatic heterocycles. The van der Waals surface area contributed by atoms with Crippen LogP contribution >= 0.6 is 0 Å². The topological polar surface area (TPSA) is 60.4 Å². The Morgan fingerprint density at radius 2 is 1.85 bits per heavy atom. The molecule has 2 aromatic rings. The molecule has 0 atom stereocenters. The standard InChI is InChI=1S/C16H22N2O2/c1-20-16-7-13-9-18(8-12(13)6-15(16)17)14-4-2-11(10-19)3-5-14/h6-9,11,14,19H,2-5,10,17H2,1H3/t11-,14-. The molecule has 0 radical (unpaired) electrons. The number of aliphatic hydroxyl groups is 1. The Hall–Kier alpha value is -1.68. The SMILES string of the molecule is COc1cc2cn([C@H]3CC[C@H](CO)CC3)cc2cc1N. The number of anilines is 1. The average molecular weight is 274 g/mol. The van der Waals surface area contributed by atoms with E-state index < -0.39 is 0 Å². The molecule has 1 fully saturated rings. The van der Waals surface area contributed by atoms with E-state index in [0.717, 1.165) is 36.8 Å². The van der Waals surface area contributed by atoms with Gasteiger partial charge in [0.2, 0.25) is 0 Å². The van der Waals surface area contributed by atoms with Crippen LogP contribution in [-0.2, 0) is 0 Å². The van der Waals surface area contributed by atoms with Crippen molar-refractivity contribution < 1.29 is 9.84 Å². The molecule has 1 heterocycles. The van der Waals surface area contributed by atoms with Gasteiger partial charge in [-0.05, 0) is 43.7 Å². The minimum atomic E-state index is 0.327. The lowest BCUT2D eigenvalue weighted by Gasteiger charge is -2.28. The highest BCUT2D eigenvalue weighted by Gasteiger charge is 2.21. The molecule has 0 spiro atoms. The van der Waals surface area contributed by atoms with Crippen molar-refractivity contribution in [2.75, 3.05) is 19.5 Å². The Kier molecular flexibility index (Phi) is 3.57. The Labute approximate surface area is 119 Å². The lowest BCUT2D eigenvalue weighted by Crippen LogP contribution is -2.19. The minimum Gasteiger partial charge on any atom is -0.495 e. The second kappa shape index (κ2) is 5.37. The first kappa shape index (κ1) is 13.3. The molecule has 0 bridgehead atoms. The maximum atomic E-state index is 9.22. The van der Waals surface area contributed by atoms with Crippen molar-refractivity contribution in [3.05, 3.63) is 24.5 Å². The molecule has 4 nitrogen and oxygen atoms in total. The number of ether oxygens (including phenoxy) is 1. The zero-order valence-electron chi connectivity index (χ0n) is 11.9. The largest absolute Gasteiger partial charge is 0.495 e. The molecule has 0 unspecified atom stereocenters. The maximum absolute atomic E-state index is 9.22. The van der Waals surface area contributed by atoms with Gasteiger partial charge in [-0.3, -0.25) is 0 Å². The lowest BCUT2D eigenvalue weighted by atomic mass is 9.86. The van der Waals surface area contributed by atoms with E-state index in [1.807, 2.05) is 12.1 Å². The van der Waals surface area contributed by atoms with E-state index in [4.69, 9.17) is 10.5 Å². The van der Waals surface area contributed by atoms with Crippen molar-refractivity contribution >= 4 is 16.5 Å². The number of nitrogen functional groups attached to an aromatic ring is 1. The fourth-order valence-corrected chi connectivity index (χ4v) is 3.23. The van der Waals surface area contributed by atoms with Crippen LogP contribution in [-0.4, -0.2) is 23.4 Å². The molecule has 1 aromatic carbocycles. The number of benzene rings is 1. The summed E-state index contributed by atoms with van der Waals surface area (Å²) in [7, 11) is 1.64. The number of methoxy groups -OCH3 is 1.